The zero-order valence-corrected chi connectivity index (χ0v) is 17.8. The topological polar surface area (TPSA) is 117 Å². The molecule has 1 aliphatic rings. The Morgan fingerprint density at radius 1 is 0.909 bits per heavy atom. The van der Waals surface area contributed by atoms with E-state index >= 15 is 0 Å². The lowest BCUT2D eigenvalue weighted by atomic mass is 10.1. The van der Waals surface area contributed by atoms with Crippen molar-refractivity contribution in [1.29, 1.82) is 0 Å². The van der Waals surface area contributed by atoms with Crippen LogP contribution < -0.4 is 11.2 Å². The SMILES string of the molecule is Cc1cn(C2CC(OC(=O)c3ccccc3)C(OC(=O)c3ccccc3)CO2)c(=O)[nH]c1=O. The Kier molecular flexibility index (Phi) is 6.50. The number of aryl methyl sites for hydroxylation is 1. The van der Waals surface area contributed by atoms with Crippen LogP contribution in [-0.4, -0.2) is 40.3 Å². The summed E-state index contributed by atoms with van der Waals surface area (Å²) < 4.78 is 18.3. The van der Waals surface area contributed by atoms with Crippen LogP contribution in [0.5, 0.6) is 0 Å². The van der Waals surface area contributed by atoms with Gasteiger partial charge in [0, 0.05) is 18.2 Å². The van der Waals surface area contributed by atoms with Crippen molar-refractivity contribution in [1.82, 2.24) is 9.55 Å². The standard InChI is InChI=1S/C24H22N2O7/c1-15-13-26(24(30)25-21(15)27)20-12-18(32-22(28)16-8-4-2-5-9-16)19(14-31-20)33-23(29)17-10-6-3-7-11-17/h2-11,13,18-20H,12,14H2,1H3,(H,25,27,30). The second kappa shape index (κ2) is 9.66. The van der Waals surface area contributed by atoms with Gasteiger partial charge in [0.2, 0.25) is 0 Å². The first-order chi connectivity index (χ1) is 15.9. The van der Waals surface area contributed by atoms with Crippen LogP contribution >= 0.6 is 0 Å². The number of benzene rings is 2. The number of ether oxygens (including phenoxy) is 3. The molecule has 1 N–H and O–H groups in total. The number of aromatic nitrogens is 2. The highest BCUT2D eigenvalue weighted by Crippen LogP contribution is 2.27. The van der Waals surface area contributed by atoms with Crippen molar-refractivity contribution in [3.05, 3.63) is 104 Å². The average Bonchev–Trinajstić information content (AvgIpc) is 2.83. The van der Waals surface area contributed by atoms with E-state index in [0.717, 1.165) is 0 Å². The second-order valence-corrected chi connectivity index (χ2v) is 7.62. The number of nitrogens with zero attached hydrogens (tertiary/aromatic N) is 1. The Hall–Kier alpha value is -3.98. The van der Waals surface area contributed by atoms with Crippen molar-refractivity contribution >= 4 is 11.9 Å². The number of aromatic amines is 1. The molecule has 3 atom stereocenters. The van der Waals surface area contributed by atoms with Crippen LogP contribution in [0.3, 0.4) is 0 Å². The molecule has 2 aromatic carbocycles. The largest absolute Gasteiger partial charge is 0.455 e. The van der Waals surface area contributed by atoms with Crippen LogP contribution in [0.25, 0.3) is 0 Å². The summed E-state index contributed by atoms with van der Waals surface area (Å²) in [6.07, 6.45) is -1.17. The number of hydrogen-bond donors (Lipinski definition) is 1. The van der Waals surface area contributed by atoms with Gasteiger partial charge in [-0.3, -0.25) is 14.3 Å². The summed E-state index contributed by atoms with van der Waals surface area (Å²) in [6.45, 7) is 1.45. The minimum Gasteiger partial charge on any atom is -0.455 e. The molecule has 0 aliphatic carbocycles. The van der Waals surface area contributed by atoms with E-state index in [1.54, 1.807) is 67.6 Å². The normalized spacial score (nSPS) is 20.1. The Labute approximate surface area is 188 Å². The monoisotopic (exact) mass is 450 g/mol. The molecule has 4 rings (SSSR count). The molecule has 3 aromatic rings. The molecule has 2 heterocycles. The molecule has 170 valence electrons. The third kappa shape index (κ3) is 5.09. The van der Waals surface area contributed by atoms with E-state index in [1.807, 2.05) is 0 Å². The highest BCUT2D eigenvalue weighted by molar-refractivity contribution is 5.90. The van der Waals surface area contributed by atoms with Crippen LogP contribution in [0.1, 0.15) is 38.9 Å². The highest BCUT2D eigenvalue weighted by Gasteiger charge is 2.38. The number of hydrogen-bond acceptors (Lipinski definition) is 7. The van der Waals surface area contributed by atoms with Crippen LogP contribution in [0.2, 0.25) is 0 Å². The average molecular weight is 450 g/mol. The molecule has 0 spiro atoms. The van der Waals surface area contributed by atoms with Crippen molar-refractivity contribution in [3.8, 4) is 0 Å². The lowest BCUT2D eigenvalue weighted by Crippen LogP contribution is -2.47. The van der Waals surface area contributed by atoms with Crippen molar-refractivity contribution in [3.63, 3.8) is 0 Å². The van der Waals surface area contributed by atoms with Gasteiger partial charge in [-0.2, -0.15) is 0 Å². The molecule has 0 amide bonds. The van der Waals surface area contributed by atoms with E-state index in [9.17, 15) is 19.2 Å². The van der Waals surface area contributed by atoms with Gasteiger partial charge in [0.1, 0.15) is 12.3 Å². The maximum atomic E-state index is 12.7. The Morgan fingerprint density at radius 3 is 2.03 bits per heavy atom. The molecule has 1 aromatic heterocycles. The zero-order valence-electron chi connectivity index (χ0n) is 17.8. The summed E-state index contributed by atoms with van der Waals surface area (Å²) in [5.74, 6) is -1.17. The number of nitrogens with one attached hydrogen (secondary N) is 1. The van der Waals surface area contributed by atoms with Crippen molar-refractivity contribution in [2.24, 2.45) is 0 Å². The predicted octanol–water partition coefficient (Wildman–Crippen LogP) is 2.22. The predicted molar refractivity (Wildman–Crippen MR) is 117 cm³/mol. The fourth-order valence-electron chi connectivity index (χ4n) is 3.52. The van der Waals surface area contributed by atoms with Gasteiger partial charge in [-0.1, -0.05) is 36.4 Å². The minimum absolute atomic E-state index is 0.0384. The van der Waals surface area contributed by atoms with E-state index in [2.05, 4.69) is 4.98 Å². The molecule has 1 aliphatic heterocycles. The van der Waals surface area contributed by atoms with Gasteiger partial charge < -0.3 is 14.2 Å². The van der Waals surface area contributed by atoms with Gasteiger partial charge in [-0.15, -0.1) is 0 Å². The maximum Gasteiger partial charge on any atom is 0.338 e. The molecule has 3 unspecified atom stereocenters. The molecule has 1 saturated heterocycles. The molecule has 9 nitrogen and oxygen atoms in total. The summed E-state index contributed by atoms with van der Waals surface area (Å²) >= 11 is 0. The second-order valence-electron chi connectivity index (χ2n) is 7.62. The smallest absolute Gasteiger partial charge is 0.338 e. The van der Waals surface area contributed by atoms with Gasteiger partial charge in [-0.05, 0) is 31.2 Å². The summed E-state index contributed by atoms with van der Waals surface area (Å²) in [4.78, 5) is 51.6. The molecule has 9 heteroatoms. The summed E-state index contributed by atoms with van der Waals surface area (Å²) in [5, 5.41) is 0. The Balaban J connectivity index is 1.58. The maximum absolute atomic E-state index is 12.7. The van der Waals surface area contributed by atoms with Gasteiger partial charge in [0.05, 0.1) is 17.7 Å². The molecular weight excluding hydrogens is 428 g/mol. The number of esters is 2. The lowest BCUT2D eigenvalue weighted by molar-refractivity contribution is -0.151. The van der Waals surface area contributed by atoms with Gasteiger partial charge >= 0.3 is 17.6 Å². The number of carbonyl (C=O) groups excluding carboxylic acids is 2. The Morgan fingerprint density at radius 2 is 1.45 bits per heavy atom. The lowest BCUT2D eigenvalue weighted by Gasteiger charge is -2.35. The van der Waals surface area contributed by atoms with E-state index in [-0.39, 0.29) is 13.0 Å². The van der Waals surface area contributed by atoms with Crippen LogP contribution in [0.4, 0.5) is 0 Å². The van der Waals surface area contributed by atoms with Crippen molar-refractivity contribution in [2.75, 3.05) is 6.61 Å². The summed E-state index contributed by atoms with van der Waals surface area (Å²) in [6, 6.07) is 16.8. The number of H-pyrrole nitrogens is 1. The zero-order chi connectivity index (χ0) is 23.4. The van der Waals surface area contributed by atoms with Crippen molar-refractivity contribution in [2.45, 2.75) is 31.8 Å². The van der Waals surface area contributed by atoms with Crippen LogP contribution in [0, 0.1) is 6.92 Å². The van der Waals surface area contributed by atoms with E-state index < -0.39 is 41.6 Å². The quantitative estimate of drug-likeness (QED) is 0.593. The minimum atomic E-state index is -0.888. The third-order valence-corrected chi connectivity index (χ3v) is 5.29. The fourth-order valence-corrected chi connectivity index (χ4v) is 3.52. The summed E-state index contributed by atoms with van der Waals surface area (Å²) in [7, 11) is 0. The van der Waals surface area contributed by atoms with Crippen LogP contribution in [-0.2, 0) is 14.2 Å². The fraction of sp³-hybridized carbons (Fsp3) is 0.250. The summed E-state index contributed by atoms with van der Waals surface area (Å²) in [5.41, 5.74) is -0.128. The van der Waals surface area contributed by atoms with Crippen molar-refractivity contribution < 1.29 is 23.8 Å². The number of rotatable bonds is 5. The van der Waals surface area contributed by atoms with Gasteiger partial charge in [0.25, 0.3) is 5.56 Å². The third-order valence-electron chi connectivity index (χ3n) is 5.29. The van der Waals surface area contributed by atoms with Gasteiger partial charge in [0.15, 0.2) is 6.10 Å². The highest BCUT2D eigenvalue weighted by atomic mass is 16.6. The molecule has 1 fully saturated rings. The first kappa shape index (κ1) is 22.2. The van der Waals surface area contributed by atoms with E-state index in [0.29, 0.717) is 16.7 Å². The van der Waals surface area contributed by atoms with Gasteiger partial charge in [-0.25, -0.2) is 14.4 Å². The number of carbonyl (C=O) groups is 2. The molecular formula is C24H22N2O7. The van der Waals surface area contributed by atoms with E-state index in [1.165, 1.54) is 10.8 Å². The van der Waals surface area contributed by atoms with Crippen LogP contribution in [0.15, 0.2) is 76.4 Å². The first-order valence-corrected chi connectivity index (χ1v) is 10.4. The molecule has 0 saturated carbocycles. The molecule has 33 heavy (non-hydrogen) atoms. The molecule has 0 bridgehead atoms. The first-order valence-electron chi connectivity index (χ1n) is 10.4. The molecule has 0 radical (unpaired) electrons. The Bertz CT molecular complexity index is 1250. The van der Waals surface area contributed by atoms with E-state index in [4.69, 9.17) is 14.2 Å².